The molecule has 2 bridgehead atoms. The van der Waals surface area contributed by atoms with E-state index in [2.05, 4.69) is 20.8 Å². The topological polar surface area (TPSA) is 82.1 Å². The molecule has 2 saturated carbocycles. The van der Waals surface area contributed by atoms with Crippen LogP contribution < -0.4 is 0 Å². The Morgan fingerprint density at radius 1 is 1.29 bits per heavy atom. The van der Waals surface area contributed by atoms with Gasteiger partial charge in [-0.25, -0.2) is 0 Å². The molecule has 1 N–H and O–H groups in total. The number of Topliss-reactive ketones (excluding diaryl/α,β-unsaturated/α-hetero) is 1. The van der Waals surface area contributed by atoms with E-state index in [9.17, 15) is 14.7 Å². The summed E-state index contributed by atoms with van der Waals surface area (Å²) in [6.45, 7) is 16.1. The fourth-order valence-corrected chi connectivity index (χ4v) is 7.70. The van der Waals surface area contributed by atoms with Crippen LogP contribution >= 0.6 is 0 Å². The molecule has 0 aromatic carbocycles. The van der Waals surface area contributed by atoms with Crippen molar-refractivity contribution in [2.24, 2.45) is 40.4 Å². The molecule has 1 aliphatic heterocycles. The van der Waals surface area contributed by atoms with Crippen LogP contribution in [0.2, 0.25) is 0 Å². The summed E-state index contributed by atoms with van der Waals surface area (Å²) in [7, 11) is 0. The van der Waals surface area contributed by atoms with Crippen molar-refractivity contribution in [1.82, 2.24) is 0 Å². The first kappa shape index (κ1) is 24.2. The molecule has 5 aliphatic rings. The number of fused-ring (bicyclic) bond motifs is 5. The Kier molecular flexibility index (Phi) is 5.17. The minimum Gasteiger partial charge on any atom is -0.454 e. The highest BCUT2D eigenvalue weighted by Crippen LogP contribution is 2.72. The first-order valence-corrected chi connectivity index (χ1v) is 12.9. The van der Waals surface area contributed by atoms with Gasteiger partial charge in [-0.15, -0.1) is 0 Å². The van der Waals surface area contributed by atoms with Crippen molar-refractivity contribution in [1.29, 1.82) is 0 Å². The number of carbonyl (C=O) groups excluding carboxylic acids is 2. The molecule has 0 radical (unpaired) electrons. The average Bonchev–Trinajstić information content (AvgIpc) is 3.25. The van der Waals surface area contributed by atoms with Gasteiger partial charge < -0.3 is 19.3 Å². The van der Waals surface area contributed by atoms with E-state index in [1.54, 1.807) is 0 Å². The zero-order chi connectivity index (χ0) is 25.0. The number of hydrogen-bond acceptors (Lipinski definition) is 6. The van der Waals surface area contributed by atoms with E-state index in [0.29, 0.717) is 12.3 Å². The van der Waals surface area contributed by atoms with Gasteiger partial charge in [0.2, 0.25) is 0 Å². The molecule has 0 aromatic heterocycles. The van der Waals surface area contributed by atoms with E-state index in [4.69, 9.17) is 14.2 Å². The van der Waals surface area contributed by atoms with Gasteiger partial charge in [0.15, 0.2) is 23.3 Å². The van der Waals surface area contributed by atoms with Crippen LogP contribution in [0.1, 0.15) is 68.2 Å². The summed E-state index contributed by atoms with van der Waals surface area (Å²) in [4.78, 5) is 27.6. The Bertz CT molecular complexity index is 991. The van der Waals surface area contributed by atoms with Crippen molar-refractivity contribution in [3.05, 3.63) is 23.3 Å². The second-order valence-corrected chi connectivity index (χ2v) is 12.6. The molecule has 6 heteroatoms. The highest BCUT2D eigenvalue weighted by Gasteiger charge is 2.77. The van der Waals surface area contributed by atoms with Gasteiger partial charge in [-0.1, -0.05) is 46.8 Å². The lowest BCUT2D eigenvalue weighted by atomic mass is 9.59. The monoisotopic (exact) mass is 472 g/mol. The minimum absolute atomic E-state index is 0.0327. The van der Waals surface area contributed by atoms with Crippen LogP contribution in [0.25, 0.3) is 0 Å². The maximum atomic E-state index is 14.6. The third-order valence-corrected chi connectivity index (χ3v) is 9.92. The zero-order valence-corrected chi connectivity index (χ0v) is 21.8. The molecule has 6 nitrogen and oxygen atoms in total. The summed E-state index contributed by atoms with van der Waals surface area (Å²) in [5, 5.41) is 12.9. The highest BCUT2D eigenvalue weighted by molar-refractivity contribution is 5.95. The second-order valence-electron chi connectivity index (χ2n) is 12.6. The van der Waals surface area contributed by atoms with Gasteiger partial charge in [-0.2, -0.15) is 0 Å². The molecule has 0 unspecified atom stereocenters. The van der Waals surface area contributed by atoms with Gasteiger partial charge in [0.1, 0.15) is 6.10 Å². The average molecular weight is 473 g/mol. The molecule has 4 aliphatic carbocycles. The van der Waals surface area contributed by atoms with Crippen molar-refractivity contribution in [3.8, 4) is 0 Å². The Labute approximate surface area is 203 Å². The molecule has 0 amide bonds. The van der Waals surface area contributed by atoms with Crippen LogP contribution in [0.3, 0.4) is 0 Å². The highest BCUT2D eigenvalue weighted by atomic mass is 16.7. The van der Waals surface area contributed by atoms with Crippen molar-refractivity contribution in [3.63, 3.8) is 0 Å². The summed E-state index contributed by atoms with van der Waals surface area (Å²) in [6.07, 6.45) is 3.68. The van der Waals surface area contributed by atoms with Crippen LogP contribution in [-0.4, -0.2) is 47.1 Å². The quantitative estimate of drug-likeness (QED) is 0.489. The maximum absolute atomic E-state index is 14.6. The van der Waals surface area contributed by atoms with Crippen molar-refractivity contribution < 1.29 is 28.9 Å². The summed E-state index contributed by atoms with van der Waals surface area (Å²) < 4.78 is 18.5. The Balaban J connectivity index is 1.71. The minimum atomic E-state index is -1.74. The molecule has 5 rings (SSSR count). The fourth-order valence-electron chi connectivity index (χ4n) is 7.70. The van der Waals surface area contributed by atoms with Crippen molar-refractivity contribution >= 4 is 11.8 Å². The van der Waals surface area contributed by atoms with Gasteiger partial charge in [-0.3, -0.25) is 9.59 Å². The molecule has 34 heavy (non-hydrogen) atoms. The van der Waals surface area contributed by atoms with Crippen molar-refractivity contribution in [2.75, 3.05) is 6.61 Å². The molecule has 3 fully saturated rings. The molecule has 1 spiro atoms. The van der Waals surface area contributed by atoms with Crippen LogP contribution in [0.4, 0.5) is 0 Å². The number of rotatable bonds is 3. The predicted molar refractivity (Wildman–Crippen MR) is 127 cm³/mol. The van der Waals surface area contributed by atoms with Crippen LogP contribution in [0, 0.1) is 40.4 Å². The molecule has 1 heterocycles. The number of aliphatic hydroxyl groups is 1. The normalized spacial score (nSPS) is 46.6. The summed E-state index contributed by atoms with van der Waals surface area (Å²) >= 11 is 0. The molecule has 0 aromatic rings. The Morgan fingerprint density at radius 2 is 1.97 bits per heavy atom. The molecule has 9 atom stereocenters. The van der Waals surface area contributed by atoms with Gasteiger partial charge in [-0.05, 0) is 67.9 Å². The number of ether oxygens (including phenoxy) is 3. The largest absolute Gasteiger partial charge is 0.454 e. The van der Waals surface area contributed by atoms with Crippen LogP contribution in [0.5, 0.6) is 0 Å². The number of carbonyl (C=O) groups is 2. The number of ketones is 1. The number of hydrogen-bond donors (Lipinski definition) is 1. The van der Waals surface area contributed by atoms with Crippen molar-refractivity contribution in [2.45, 2.75) is 91.8 Å². The lowest BCUT2D eigenvalue weighted by Gasteiger charge is -2.52. The molecule has 1 saturated heterocycles. The SMILES string of the molecule is CC[C@@H](C)C(=O)O[C@H]1C(C)=C[C@]23C(=O)[C@@H](C=C4COC(C)(C)O[C@H]4[C@]12O)[C@H]1[C@@H](C[C@H]3C)C1(C)C. The summed E-state index contributed by atoms with van der Waals surface area (Å²) in [6, 6.07) is 0. The standard InChI is InChI=1S/C28H40O6/c1-9-14(2)24(30)33-22-15(3)12-27-16(4)10-19-20(25(19,5)6)18(21(27)29)11-17-13-32-26(7,8)34-23(17)28(22,27)31/h11-12,14,16,18-20,22-23,31H,9-10,13H2,1-8H3/t14-,16-,18+,19-,20+,22+,23-,27+,28-/m1/s1. The molecular weight excluding hydrogens is 432 g/mol. The third-order valence-electron chi connectivity index (χ3n) is 9.92. The summed E-state index contributed by atoms with van der Waals surface area (Å²) in [5.74, 6) is -1.39. The van der Waals surface area contributed by atoms with Gasteiger partial charge in [0.25, 0.3) is 0 Å². The van der Waals surface area contributed by atoms with E-state index in [1.165, 1.54) is 0 Å². The van der Waals surface area contributed by atoms with Crippen LogP contribution in [0.15, 0.2) is 23.3 Å². The van der Waals surface area contributed by atoms with Gasteiger partial charge in [0.05, 0.1) is 17.9 Å². The second kappa shape index (κ2) is 7.27. The number of esters is 1. The van der Waals surface area contributed by atoms with Crippen LogP contribution in [-0.2, 0) is 23.8 Å². The lowest BCUT2D eigenvalue weighted by Crippen LogP contribution is -2.68. The maximum Gasteiger partial charge on any atom is 0.309 e. The Hall–Kier alpha value is -1.50. The molecule has 188 valence electrons. The predicted octanol–water partition coefficient (Wildman–Crippen LogP) is 4.21. The van der Waals surface area contributed by atoms with E-state index < -0.39 is 29.0 Å². The smallest absolute Gasteiger partial charge is 0.309 e. The molecular formula is C28H40O6. The third kappa shape index (κ3) is 2.91. The number of allylic oxidation sites excluding steroid dienone is 1. The fraction of sp³-hybridized carbons (Fsp3) is 0.786. The lowest BCUT2D eigenvalue weighted by molar-refractivity contribution is -0.304. The van der Waals surface area contributed by atoms with E-state index >= 15 is 0 Å². The first-order chi connectivity index (χ1) is 15.7. The summed E-state index contributed by atoms with van der Waals surface area (Å²) in [5.41, 5.74) is -1.35. The van der Waals surface area contributed by atoms with E-state index in [0.717, 1.165) is 17.6 Å². The van der Waals surface area contributed by atoms with E-state index in [1.807, 2.05) is 46.8 Å². The van der Waals surface area contributed by atoms with Gasteiger partial charge >= 0.3 is 5.97 Å². The zero-order valence-electron chi connectivity index (χ0n) is 21.8. The van der Waals surface area contributed by atoms with E-state index in [-0.39, 0.29) is 47.4 Å². The Morgan fingerprint density at radius 3 is 2.62 bits per heavy atom. The van der Waals surface area contributed by atoms with Gasteiger partial charge in [0, 0.05) is 5.92 Å². The first-order valence-electron chi connectivity index (χ1n) is 12.9.